The monoisotopic (exact) mass is 329 g/mol. The van der Waals surface area contributed by atoms with Crippen LogP contribution in [0, 0.1) is 0 Å². The van der Waals surface area contributed by atoms with E-state index in [2.05, 4.69) is 21.7 Å². The van der Waals surface area contributed by atoms with Crippen molar-refractivity contribution in [3.63, 3.8) is 0 Å². The number of nitrogens with zero attached hydrogens (tertiary/aromatic N) is 1. The van der Waals surface area contributed by atoms with E-state index in [0.29, 0.717) is 17.7 Å². The van der Waals surface area contributed by atoms with Crippen LogP contribution >= 0.6 is 0 Å². The van der Waals surface area contributed by atoms with E-state index in [1.54, 1.807) is 6.07 Å². The topological polar surface area (TPSA) is 71.1 Å². The van der Waals surface area contributed by atoms with Crippen LogP contribution in [0.25, 0.3) is 0 Å². The lowest BCUT2D eigenvalue weighted by atomic mass is 9.97. The van der Waals surface area contributed by atoms with Gasteiger partial charge in [0.1, 0.15) is 0 Å². The number of rotatable bonds is 5. The van der Waals surface area contributed by atoms with Crippen LogP contribution in [-0.2, 0) is 0 Å². The van der Waals surface area contributed by atoms with Gasteiger partial charge < -0.3 is 10.6 Å². The van der Waals surface area contributed by atoms with Crippen LogP contribution in [0.3, 0.4) is 0 Å². The zero-order chi connectivity index (χ0) is 17.6. The SMILES string of the molecule is CC(C)(C)NC(=O)c1cncc(C(=O)NCCC2=CCCCC2)c1. The van der Waals surface area contributed by atoms with Gasteiger partial charge in [-0.1, -0.05) is 11.6 Å². The van der Waals surface area contributed by atoms with E-state index in [1.807, 2.05) is 20.8 Å². The highest BCUT2D eigenvalue weighted by Crippen LogP contribution is 2.19. The van der Waals surface area contributed by atoms with Gasteiger partial charge in [0, 0.05) is 24.5 Å². The maximum absolute atomic E-state index is 12.2. The molecule has 5 heteroatoms. The molecule has 0 saturated heterocycles. The van der Waals surface area contributed by atoms with Crippen LogP contribution in [-0.4, -0.2) is 28.9 Å². The van der Waals surface area contributed by atoms with Crippen LogP contribution in [0.1, 0.15) is 73.6 Å². The molecule has 0 unspecified atom stereocenters. The normalized spacial score (nSPS) is 14.7. The molecule has 0 saturated carbocycles. The fraction of sp³-hybridized carbons (Fsp3) is 0.526. The van der Waals surface area contributed by atoms with Gasteiger partial charge in [-0.25, -0.2) is 0 Å². The predicted molar refractivity (Wildman–Crippen MR) is 95.0 cm³/mol. The third-order valence-corrected chi connectivity index (χ3v) is 3.87. The minimum atomic E-state index is -0.330. The van der Waals surface area contributed by atoms with Gasteiger partial charge in [-0.15, -0.1) is 0 Å². The van der Waals surface area contributed by atoms with Crippen molar-refractivity contribution in [1.82, 2.24) is 15.6 Å². The number of hydrogen-bond donors (Lipinski definition) is 2. The average Bonchev–Trinajstić information content (AvgIpc) is 2.54. The van der Waals surface area contributed by atoms with E-state index < -0.39 is 0 Å². The smallest absolute Gasteiger partial charge is 0.253 e. The second-order valence-electron chi connectivity index (χ2n) is 7.28. The van der Waals surface area contributed by atoms with Crippen molar-refractivity contribution in [1.29, 1.82) is 0 Å². The fourth-order valence-corrected chi connectivity index (χ4v) is 2.67. The summed E-state index contributed by atoms with van der Waals surface area (Å²) < 4.78 is 0. The van der Waals surface area contributed by atoms with Gasteiger partial charge in [-0.3, -0.25) is 14.6 Å². The van der Waals surface area contributed by atoms with Crippen molar-refractivity contribution in [2.24, 2.45) is 0 Å². The van der Waals surface area contributed by atoms with Crippen molar-refractivity contribution in [2.45, 2.75) is 58.4 Å². The average molecular weight is 329 g/mol. The molecule has 24 heavy (non-hydrogen) atoms. The van der Waals surface area contributed by atoms with Crippen LogP contribution in [0.5, 0.6) is 0 Å². The van der Waals surface area contributed by atoms with E-state index in [4.69, 9.17) is 0 Å². The van der Waals surface area contributed by atoms with E-state index in [9.17, 15) is 9.59 Å². The van der Waals surface area contributed by atoms with Crippen LogP contribution in [0.2, 0.25) is 0 Å². The Balaban J connectivity index is 1.91. The largest absolute Gasteiger partial charge is 0.352 e. The molecule has 1 aromatic rings. The van der Waals surface area contributed by atoms with E-state index in [-0.39, 0.29) is 17.4 Å². The minimum absolute atomic E-state index is 0.190. The first-order valence-corrected chi connectivity index (χ1v) is 8.59. The Hall–Kier alpha value is -2.17. The van der Waals surface area contributed by atoms with Gasteiger partial charge in [0.25, 0.3) is 11.8 Å². The summed E-state index contributed by atoms with van der Waals surface area (Å²) in [6, 6.07) is 1.59. The molecule has 0 radical (unpaired) electrons. The van der Waals surface area contributed by atoms with Crippen molar-refractivity contribution in [2.75, 3.05) is 6.54 Å². The first-order valence-electron chi connectivity index (χ1n) is 8.59. The third kappa shape index (κ3) is 5.80. The lowest BCUT2D eigenvalue weighted by Gasteiger charge is -2.20. The molecule has 0 atom stereocenters. The molecular weight excluding hydrogens is 302 g/mol. The maximum atomic E-state index is 12.2. The number of aromatic nitrogens is 1. The van der Waals surface area contributed by atoms with Crippen molar-refractivity contribution < 1.29 is 9.59 Å². The molecular formula is C19H27N3O2. The molecule has 1 aliphatic carbocycles. The Morgan fingerprint density at radius 3 is 2.46 bits per heavy atom. The number of nitrogens with one attached hydrogen (secondary N) is 2. The fourth-order valence-electron chi connectivity index (χ4n) is 2.67. The lowest BCUT2D eigenvalue weighted by molar-refractivity contribution is 0.0919. The van der Waals surface area contributed by atoms with Crippen molar-refractivity contribution >= 4 is 11.8 Å². The second kappa shape index (κ2) is 8.08. The molecule has 1 heterocycles. The van der Waals surface area contributed by atoms with E-state index in [1.165, 1.54) is 30.8 Å². The molecule has 0 fully saturated rings. The molecule has 0 bridgehead atoms. The quantitative estimate of drug-likeness (QED) is 0.815. The standard InChI is InChI=1S/C19H27N3O2/c1-19(2,3)22-18(24)16-11-15(12-20-13-16)17(23)21-10-9-14-7-5-4-6-8-14/h7,11-13H,4-6,8-10H2,1-3H3,(H,21,23)(H,22,24). The van der Waals surface area contributed by atoms with Gasteiger partial charge in [-0.2, -0.15) is 0 Å². The Morgan fingerprint density at radius 2 is 1.83 bits per heavy atom. The molecule has 0 aliphatic heterocycles. The van der Waals surface area contributed by atoms with Crippen molar-refractivity contribution in [3.05, 3.63) is 41.2 Å². The highest BCUT2D eigenvalue weighted by molar-refractivity contribution is 5.99. The molecule has 2 rings (SSSR count). The predicted octanol–water partition coefficient (Wildman–Crippen LogP) is 3.23. The Bertz CT molecular complexity index is 630. The molecule has 130 valence electrons. The minimum Gasteiger partial charge on any atom is -0.352 e. The number of allylic oxidation sites excluding steroid dienone is 1. The molecule has 2 amide bonds. The van der Waals surface area contributed by atoms with Crippen LogP contribution in [0.15, 0.2) is 30.1 Å². The highest BCUT2D eigenvalue weighted by atomic mass is 16.2. The number of amides is 2. The summed E-state index contributed by atoms with van der Waals surface area (Å²) in [5.74, 6) is -0.415. The van der Waals surface area contributed by atoms with E-state index in [0.717, 1.165) is 19.3 Å². The maximum Gasteiger partial charge on any atom is 0.253 e. The van der Waals surface area contributed by atoms with Gasteiger partial charge in [-0.05, 0) is 58.9 Å². The molecule has 0 aromatic carbocycles. The molecule has 1 aromatic heterocycles. The third-order valence-electron chi connectivity index (χ3n) is 3.87. The van der Waals surface area contributed by atoms with Gasteiger partial charge in [0.2, 0.25) is 0 Å². The van der Waals surface area contributed by atoms with Crippen LogP contribution < -0.4 is 10.6 Å². The van der Waals surface area contributed by atoms with E-state index >= 15 is 0 Å². The summed E-state index contributed by atoms with van der Waals surface area (Å²) >= 11 is 0. The zero-order valence-electron chi connectivity index (χ0n) is 14.8. The Kier molecular flexibility index (Phi) is 6.12. The molecule has 0 spiro atoms. The summed E-state index contributed by atoms with van der Waals surface area (Å²) in [7, 11) is 0. The summed E-state index contributed by atoms with van der Waals surface area (Å²) in [6.45, 7) is 6.35. The van der Waals surface area contributed by atoms with Crippen LogP contribution in [0.4, 0.5) is 0 Å². The summed E-state index contributed by atoms with van der Waals surface area (Å²) in [6.07, 6.45) is 10.9. The van der Waals surface area contributed by atoms with Crippen molar-refractivity contribution in [3.8, 4) is 0 Å². The lowest BCUT2D eigenvalue weighted by Crippen LogP contribution is -2.40. The summed E-state index contributed by atoms with van der Waals surface area (Å²) in [5, 5.41) is 5.78. The summed E-state index contributed by atoms with van der Waals surface area (Å²) in [4.78, 5) is 28.4. The first kappa shape index (κ1) is 18.2. The molecule has 5 nitrogen and oxygen atoms in total. The summed E-state index contributed by atoms with van der Waals surface area (Å²) in [5.41, 5.74) is 1.91. The highest BCUT2D eigenvalue weighted by Gasteiger charge is 2.17. The number of carbonyl (C=O) groups excluding carboxylic acids is 2. The molecule has 2 N–H and O–H groups in total. The number of pyridine rings is 1. The van der Waals surface area contributed by atoms with Gasteiger partial charge in [0.05, 0.1) is 11.1 Å². The number of hydrogen-bond acceptors (Lipinski definition) is 3. The Morgan fingerprint density at radius 1 is 1.12 bits per heavy atom. The Labute approximate surface area is 143 Å². The van der Waals surface area contributed by atoms with Gasteiger partial charge >= 0.3 is 0 Å². The van der Waals surface area contributed by atoms with Gasteiger partial charge in [0.15, 0.2) is 0 Å². The second-order valence-corrected chi connectivity index (χ2v) is 7.28. The number of carbonyl (C=O) groups is 2. The zero-order valence-corrected chi connectivity index (χ0v) is 14.8. The first-order chi connectivity index (χ1) is 11.3. The molecule has 1 aliphatic rings.